The maximum atomic E-state index is 11.3. The van der Waals surface area contributed by atoms with Gasteiger partial charge in [0.25, 0.3) is 0 Å². The molecule has 106 valence electrons. The largest absolute Gasteiger partial charge is 0.478 e. The molecule has 0 bridgehead atoms. The third-order valence-electron chi connectivity index (χ3n) is 3.03. The number of hydrogen-bond donors (Lipinski definition) is 1. The van der Waals surface area contributed by atoms with E-state index in [1.165, 1.54) is 0 Å². The van der Waals surface area contributed by atoms with E-state index in [9.17, 15) is 9.90 Å². The van der Waals surface area contributed by atoms with Crippen molar-refractivity contribution >= 4 is 11.8 Å². The summed E-state index contributed by atoms with van der Waals surface area (Å²) in [5, 5.41) is 9.24. The van der Waals surface area contributed by atoms with Gasteiger partial charge in [0.15, 0.2) is 0 Å². The van der Waals surface area contributed by atoms with Gasteiger partial charge in [0.1, 0.15) is 5.82 Å². The minimum absolute atomic E-state index is 0.161. The number of carboxylic acid groups (broad SMARTS) is 1. The van der Waals surface area contributed by atoms with Gasteiger partial charge in [-0.05, 0) is 25.5 Å². The van der Waals surface area contributed by atoms with E-state index in [4.69, 9.17) is 0 Å². The highest BCUT2D eigenvalue weighted by Crippen LogP contribution is 2.25. The molecule has 4 nitrogen and oxygen atoms in total. The zero-order valence-electron chi connectivity index (χ0n) is 12.5. The molecule has 4 heteroatoms. The van der Waals surface area contributed by atoms with Gasteiger partial charge in [-0.1, -0.05) is 27.7 Å². The second-order valence-electron chi connectivity index (χ2n) is 5.73. The van der Waals surface area contributed by atoms with Gasteiger partial charge in [-0.3, -0.25) is 0 Å². The predicted octanol–water partition coefficient (Wildman–Crippen LogP) is 3.31. The first-order chi connectivity index (χ1) is 8.79. The fraction of sp³-hybridized carbons (Fsp3) is 0.600. The molecule has 1 N–H and O–H groups in total. The number of carboxylic acids is 1. The third-order valence-corrected chi connectivity index (χ3v) is 3.03. The lowest BCUT2D eigenvalue weighted by Crippen LogP contribution is -2.26. The molecule has 1 aromatic heterocycles. The topological polar surface area (TPSA) is 53.4 Å². The van der Waals surface area contributed by atoms with Gasteiger partial charge in [-0.15, -0.1) is 0 Å². The monoisotopic (exact) mass is 264 g/mol. The molecule has 0 aromatic carbocycles. The average Bonchev–Trinajstić information content (AvgIpc) is 2.34. The third kappa shape index (κ3) is 3.94. The predicted molar refractivity (Wildman–Crippen MR) is 78.1 cm³/mol. The number of aromatic nitrogens is 1. The van der Waals surface area contributed by atoms with Crippen molar-refractivity contribution in [2.75, 3.05) is 18.0 Å². The van der Waals surface area contributed by atoms with E-state index >= 15 is 0 Å². The van der Waals surface area contributed by atoms with Crippen LogP contribution in [0.25, 0.3) is 0 Å². The van der Waals surface area contributed by atoms with Crippen molar-refractivity contribution in [1.29, 1.82) is 0 Å². The van der Waals surface area contributed by atoms with Crippen LogP contribution in [0.4, 0.5) is 5.82 Å². The summed E-state index contributed by atoms with van der Waals surface area (Å²) in [5.74, 6) is -0.143. The number of nitrogens with zero attached hydrogens (tertiary/aromatic N) is 2. The van der Waals surface area contributed by atoms with Crippen molar-refractivity contribution < 1.29 is 9.90 Å². The van der Waals surface area contributed by atoms with Crippen LogP contribution in [0.15, 0.2) is 12.1 Å². The Morgan fingerprint density at radius 2 is 1.95 bits per heavy atom. The Labute approximate surface area is 115 Å². The van der Waals surface area contributed by atoms with Crippen LogP contribution >= 0.6 is 0 Å². The van der Waals surface area contributed by atoms with E-state index in [1.807, 2.05) is 20.8 Å². The smallest absolute Gasteiger partial charge is 0.335 e. The Balaban J connectivity index is 3.31. The molecular formula is C15H24N2O2. The summed E-state index contributed by atoms with van der Waals surface area (Å²) in [6, 6.07) is 3.34. The fourth-order valence-electron chi connectivity index (χ4n) is 1.89. The highest BCUT2D eigenvalue weighted by atomic mass is 16.4. The molecule has 0 saturated carbocycles. The molecule has 0 saturated heterocycles. The molecule has 0 fully saturated rings. The minimum Gasteiger partial charge on any atom is -0.478 e. The first kappa shape index (κ1) is 15.5. The van der Waals surface area contributed by atoms with Crippen molar-refractivity contribution in [2.45, 2.75) is 46.5 Å². The number of carbonyl (C=O) groups is 1. The molecule has 0 radical (unpaired) electrons. The maximum Gasteiger partial charge on any atom is 0.335 e. The van der Waals surface area contributed by atoms with Crippen LogP contribution in [0.3, 0.4) is 0 Å². The van der Waals surface area contributed by atoms with Gasteiger partial charge in [0, 0.05) is 24.2 Å². The second-order valence-corrected chi connectivity index (χ2v) is 5.73. The second kappa shape index (κ2) is 6.04. The van der Waals surface area contributed by atoms with E-state index in [1.54, 1.807) is 12.1 Å². The van der Waals surface area contributed by atoms with Crippen molar-refractivity contribution in [3.63, 3.8) is 0 Å². The van der Waals surface area contributed by atoms with E-state index in [0.717, 1.165) is 31.0 Å². The Morgan fingerprint density at radius 3 is 2.37 bits per heavy atom. The van der Waals surface area contributed by atoms with Crippen LogP contribution in [0.1, 0.15) is 57.1 Å². The summed E-state index contributed by atoms with van der Waals surface area (Å²) in [6.07, 6.45) is 1.01. The molecule has 0 amide bonds. The van der Waals surface area contributed by atoms with Gasteiger partial charge in [0.2, 0.25) is 0 Å². The molecule has 0 spiro atoms. The summed E-state index contributed by atoms with van der Waals surface area (Å²) in [4.78, 5) is 18.0. The lowest BCUT2D eigenvalue weighted by molar-refractivity contribution is 0.0696. The molecule has 0 atom stereocenters. The number of anilines is 1. The molecular weight excluding hydrogens is 240 g/mol. The Bertz CT molecular complexity index is 450. The summed E-state index contributed by atoms with van der Waals surface area (Å²) in [6.45, 7) is 12.0. The molecule has 1 rings (SSSR count). The lowest BCUT2D eigenvalue weighted by atomic mass is 9.90. The highest BCUT2D eigenvalue weighted by Gasteiger charge is 2.20. The minimum atomic E-state index is -0.901. The van der Waals surface area contributed by atoms with Crippen LogP contribution in [0, 0.1) is 0 Å². The molecule has 19 heavy (non-hydrogen) atoms. The summed E-state index contributed by atoms with van der Waals surface area (Å²) in [7, 11) is 0. The van der Waals surface area contributed by atoms with Crippen LogP contribution in [0.5, 0.6) is 0 Å². The first-order valence-corrected chi connectivity index (χ1v) is 6.80. The Morgan fingerprint density at radius 1 is 1.32 bits per heavy atom. The average molecular weight is 264 g/mol. The van der Waals surface area contributed by atoms with Gasteiger partial charge >= 0.3 is 5.97 Å². The van der Waals surface area contributed by atoms with E-state index < -0.39 is 5.97 Å². The number of pyridine rings is 1. The SMILES string of the molecule is CCCN(CC)c1cc(C(=O)O)cc(C(C)(C)C)n1. The number of rotatable bonds is 5. The van der Waals surface area contributed by atoms with Gasteiger partial charge in [-0.25, -0.2) is 9.78 Å². The fourth-order valence-corrected chi connectivity index (χ4v) is 1.89. The van der Waals surface area contributed by atoms with E-state index in [0.29, 0.717) is 5.56 Å². The number of hydrogen-bond acceptors (Lipinski definition) is 3. The molecule has 0 aliphatic rings. The van der Waals surface area contributed by atoms with E-state index in [-0.39, 0.29) is 5.41 Å². The maximum absolute atomic E-state index is 11.3. The summed E-state index contributed by atoms with van der Waals surface area (Å²) >= 11 is 0. The van der Waals surface area contributed by atoms with Gasteiger partial charge < -0.3 is 10.0 Å². The van der Waals surface area contributed by atoms with Crippen LogP contribution < -0.4 is 4.90 Å². The normalized spacial score (nSPS) is 11.4. The quantitative estimate of drug-likeness (QED) is 0.886. The lowest BCUT2D eigenvalue weighted by Gasteiger charge is -2.25. The van der Waals surface area contributed by atoms with E-state index in [2.05, 4.69) is 23.7 Å². The Hall–Kier alpha value is -1.58. The molecule has 0 aliphatic carbocycles. The highest BCUT2D eigenvalue weighted by molar-refractivity contribution is 5.88. The Kier molecular flexibility index (Phi) is 4.92. The summed E-state index contributed by atoms with van der Waals surface area (Å²) in [5.41, 5.74) is 0.965. The molecule has 0 unspecified atom stereocenters. The zero-order chi connectivity index (χ0) is 14.6. The molecule has 0 aliphatic heterocycles. The molecule has 1 heterocycles. The van der Waals surface area contributed by atoms with Gasteiger partial charge in [0.05, 0.1) is 5.56 Å². The van der Waals surface area contributed by atoms with Crippen molar-refractivity contribution in [2.24, 2.45) is 0 Å². The van der Waals surface area contributed by atoms with Crippen molar-refractivity contribution in [3.8, 4) is 0 Å². The van der Waals surface area contributed by atoms with Crippen molar-refractivity contribution in [1.82, 2.24) is 4.98 Å². The van der Waals surface area contributed by atoms with Crippen LogP contribution in [0.2, 0.25) is 0 Å². The zero-order valence-corrected chi connectivity index (χ0v) is 12.5. The van der Waals surface area contributed by atoms with Crippen LogP contribution in [-0.2, 0) is 5.41 Å². The number of aromatic carboxylic acids is 1. The van der Waals surface area contributed by atoms with Crippen molar-refractivity contribution in [3.05, 3.63) is 23.4 Å². The standard InChI is InChI=1S/C15H24N2O2/c1-6-8-17(7-2)13-10-11(14(18)19)9-12(16-13)15(3,4)5/h9-10H,6-8H2,1-5H3,(H,18,19). The summed E-state index contributed by atoms with van der Waals surface area (Å²) < 4.78 is 0. The van der Waals surface area contributed by atoms with Gasteiger partial charge in [-0.2, -0.15) is 0 Å². The first-order valence-electron chi connectivity index (χ1n) is 6.80. The molecule has 1 aromatic rings. The van der Waals surface area contributed by atoms with Crippen LogP contribution in [-0.4, -0.2) is 29.1 Å².